The van der Waals surface area contributed by atoms with Gasteiger partial charge in [-0.2, -0.15) is 0 Å². The highest BCUT2D eigenvalue weighted by atomic mass is 16.5. The third-order valence-electron chi connectivity index (χ3n) is 6.72. The normalized spacial score (nSPS) is 11.4. The minimum absolute atomic E-state index is 0.269. The molecule has 1 N–H and O–H groups in total. The summed E-state index contributed by atoms with van der Waals surface area (Å²) in [5.74, 6) is 1.08. The van der Waals surface area contributed by atoms with Gasteiger partial charge in [0.15, 0.2) is 0 Å². The van der Waals surface area contributed by atoms with E-state index < -0.39 is 17.9 Å². The van der Waals surface area contributed by atoms with Gasteiger partial charge < -0.3 is 24.3 Å². The second-order valence-electron chi connectivity index (χ2n) is 9.72. The average Bonchev–Trinajstić information content (AvgIpc) is 3.06. The Morgan fingerprint density at radius 2 is 1.42 bits per heavy atom. The summed E-state index contributed by atoms with van der Waals surface area (Å²) in [5.41, 5.74) is 3.12. The number of rotatable bonds is 13. The topological polar surface area (TPSA) is 96.0 Å². The highest BCUT2D eigenvalue weighted by Gasteiger charge is 2.23. The number of methoxy groups -OCH3 is 1. The maximum atomic E-state index is 13.0. The van der Waals surface area contributed by atoms with Gasteiger partial charge in [-0.1, -0.05) is 60.7 Å². The molecule has 1 atom stereocenters. The van der Waals surface area contributed by atoms with Gasteiger partial charge in [0.2, 0.25) is 0 Å². The SMILES string of the molecule is COC(=O)[C@H](Cc1ccc(OCc2ccccc2)cc1)NC(=O)c1ccc(OCCOc2cccc3cccnc23)cc1. The Hall–Kier alpha value is -5.37. The van der Waals surface area contributed by atoms with Crippen molar-refractivity contribution in [3.63, 3.8) is 0 Å². The van der Waals surface area contributed by atoms with E-state index in [2.05, 4.69) is 10.3 Å². The number of carbonyl (C=O) groups is 2. The van der Waals surface area contributed by atoms with Crippen LogP contribution in [0.15, 0.2) is 115 Å². The van der Waals surface area contributed by atoms with E-state index in [1.54, 1.807) is 30.5 Å². The molecule has 1 heterocycles. The lowest BCUT2D eigenvalue weighted by Gasteiger charge is -2.17. The summed E-state index contributed by atoms with van der Waals surface area (Å²) in [7, 11) is 1.30. The summed E-state index contributed by atoms with van der Waals surface area (Å²) in [6.07, 6.45) is 2.00. The van der Waals surface area contributed by atoms with Crippen LogP contribution in [0.4, 0.5) is 0 Å². The standard InChI is InChI=1S/C35H32N2O6/c1-40-35(39)31(23-25-12-16-30(17-13-25)43-24-26-7-3-2-4-8-26)37-34(38)28-14-18-29(19-15-28)41-21-22-42-32-11-5-9-27-10-6-20-36-33(27)32/h2-20,31H,21-24H2,1H3,(H,37,38)/t31-/m0/s1. The van der Waals surface area contributed by atoms with Gasteiger partial charge >= 0.3 is 5.97 Å². The van der Waals surface area contributed by atoms with Crippen LogP contribution in [0.1, 0.15) is 21.5 Å². The molecular weight excluding hydrogens is 544 g/mol. The number of ether oxygens (including phenoxy) is 4. The minimum atomic E-state index is -0.856. The Balaban J connectivity index is 1.11. The first-order chi connectivity index (χ1) is 21.1. The number of para-hydroxylation sites is 1. The molecule has 8 heteroatoms. The molecule has 0 bridgehead atoms. The number of pyridine rings is 1. The van der Waals surface area contributed by atoms with Gasteiger partial charge in [-0.15, -0.1) is 0 Å². The number of esters is 1. The molecular formula is C35H32N2O6. The van der Waals surface area contributed by atoms with Crippen molar-refractivity contribution in [2.45, 2.75) is 19.1 Å². The lowest BCUT2D eigenvalue weighted by Crippen LogP contribution is -2.43. The minimum Gasteiger partial charge on any atom is -0.490 e. The van der Waals surface area contributed by atoms with E-state index in [0.717, 1.165) is 22.0 Å². The lowest BCUT2D eigenvalue weighted by atomic mass is 10.0. The maximum Gasteiger partial charge on any atom is 0.328 e. The summed E-state index contributed by atoms with van der Waals surface area (Å²) >= 11 is 0. The van der Waals surface area contributed by atoms with Gasteiger partial charge in [0.25, 0.3) is 5.91 Å². The molecule has 0 radical (unpaired) electrons. The highest BCUT2D eigenvalue weighted by molar-refractivity contribution is 5.97. The fourth-order valence-electron chi connectivity index (χ4n) is 4.48. The number of hydrogen-bond acceptors (Lipinski definition) is 7. The molecule has 5 aromatic rings. The van der Waals surface area contributed by atoms with Gasteiger partial charge in [0, 0.05) is 23.6 Å². The summed E-state index contributed by atoms with van der Waals surface area (Å²) in [6, 6.07) is 32.8. The number of carbonyl (C=O) groups excluding carboxylic acids is 2. The molecule has 1 aromatic heterocycles. The largest absolute Gasteiger partial charge is 0.490 e. The molecule has 0 unspecified atom stereocenters. The second kappa shape index (κ2) is 14.5. The number of benzene rings is 4. The Morgan fingerprint density at radius 1 is 0.721 bits per heavy atom. The van der Waals surface area contributed by atoms with Gasteiger partial charge in [0.1, 0.15) is 48.6 Å². The van der Waals surface area contributed by atoms with E-state index >= 15 is 0 Å². The Bertz CT molecular complexity index is 1630. The number of amides is 1. The van der Waals surface area contributed by atoms with Crippen LogP contribution in [0.2, 0.25) is 0 Å². The van der Waals surface area contributed by atoms with Crippen molar-refractivity contribution < 1.29 is 28.5 Å². The van der Waals surface area contributed by atoms with Gasteiger partial charge in [-0.3, -0.25) is 9.78 Å². The zero-order chi connectivity index (χ0) is 29.9. The lowest BCUT2D eigenvalue weighted by molar-refractivity contribution is -0.142. The molecule has 8 nitrogen and oxygen atoms in total. The molecule has 0 saturated carbocycles. The average molecular weight is 577 g/mol. The molecule has 218 valence electrons. The van der Waals surface area contributed by atoms with Crippen molar-refractivity contribution in [1.82, 2.24) is 10.3 Å². The first-order valence-electron chi connectivity index (χ1n) is 13.9. The van der Waals surface area contributed by atoms with Crippen LogP contribution in [-0.2, 0) is 22.6 Å². The molecule has 0 aliphatic carbocycles. The quantitative estimate of drug-likeness (QED) is 0.140. The molecule has 0 aliphatic heterocycles. The van der Waals surface area contributed by atoms with E-state index in [4.69, 9.17) is 18.9 Å². The zero-order valence-electron chi connectivity index (χ0n) is 23.8. The maximum absolute atomic E-state index is 13.0. The van der Waals surface area contributed by atoms with Crippen molar-refractivity contribution in [3.8, 4) is 17.2 Å². The van der Waals surface area contributed by atoms with Crippen molar-refractivity contribution in [2.24, 2.45) is 0 Å². The van der Waals surface area contributed by atoms with Gasteiger partial charge in [-0.25, -0.2) is 4.79 Å². The van der Waals surface area contributed by atoms with Crippen molar-refractivity contribution in [2.75, 3.05) is 20.3 Å². The monoisotopic (exact) mass is 576 g/mol. The smallest absolute Gasteiger partial charge is 0.328 e. The fourth-order valence-corrected chi connectivity index (χ4v) is 4.48. The van der Waals surface area contributed by atoms with Gasteiger partial charge in [-0.05, 0) is 59.7 Å². The third-order valence-corrected chi connectivity index (χ3v) is 6.72. The number of nitrogens with one attached hydrogen (secondary N) is 1. The molecule has 43 heavy (non-hydrogen) atoms. The van der Waals surface area contributed by atoms with E-state index in [-0.39, 0.29) is 6.42 Å². The summed E-state index contributed by atoms with van der Waals surface area (Å²) < 4.78 is 22.4. The fraction of sp³-hybridized carbons (Fsp3) is 0.171. The molecule has 0 spiro atoms. The van der Waals surface area contributed by atoms with Crippen LogP contribution >= 0.6 is 0 Å². The van der Waals surface area contributed by atoms with Crippen molar-refractivity contribution in [1.29, 1.82) is 0 Å². The number of hydrogen-bond donors (Lipinski definition) is 1. The molecule has 4 aromatic carbocycles. The molecule has 1 amide bonds. The zero-order valence-corrected chi connectivity index (χ0v) is 23.8. The predicted molar refractivity (Wildman–Crippen MR) is 163 cm³/mol. The summed E-state index contributed by atoms with van der Waals surface area (Å²) in [6.45, 7) is 1.11. The number of nitrogens with zero attached hydrogens (tertiary/aromatic N) is 1. The van der Waals surface area contributed by atoms with Gasteiger partial charge in [0.05, 0.1) is 7.11 Å². The Labute approximate surface area is 250 Å². The van der Waals surface area contributed by atoms with Crippen LogP contribution in [0.5, 0.6) is 17.2 Å². The third kappa shape index (κ3) is 8.10. The van der Waals surface area contributed by atoms with Crippen LogP contribution in [0.3, 0.4) is 0 Å². The molecule has 0 fully saturated rings. The van der Waals surface area contributed by atoms with Crippen LogP contribution in [-0.4, -0.2) is 43.2 Å². The first kappa shape index (κ1) is 29.1. The summed E-state index contributed by atoms with van der Waals surface area (Å²) in [4.78, 5) is 29.8. The Kier molecular flexibility index (Phi) is 9.82. The number of fused-ring (bicyclic) bond motifs is 1. The first-order valence-corrected chi connectivity index (χ1v) is 13.9. The summed E-state index contributed by atoms with van der Waals surface area (Å²) in [5, 5.41) is 3.79. The predicted octanol–water partition coefficient (Wildman–Crippen LogP) is 5.79. The Morgan fingerprint density at radius 3 is 2.19 bits per heavy atom. The highest BCUT2D eigenvalue weighted by Crippen LogP contribution is 2.23. The second-order valence-corrected chi connectivity index (χ2v) is 9.72. The molecule has 0 saturated heterocycles. The van der Waals surface area contributed by atoms with Crippen LogP contribution < -0.4 is 19.5 Å². The van der Waals surface area contributed by atoms with Crippen LogP contribution in [0.25, 0.3) is 10.9 Å². The number of aromatic nitrogens is 1. The van der Waals surface area contributed by atoms with E-state index in [0.29, 0.717) is 42.6 Å². The van der Waals surface area contributed by atoms with E-state index in [9.17, 15) is 9.59 Å². The van der Waals surface area contributed by atoms with Crippen molar-refractivity contribution >= 4 is 22.8 Å². The van der Waals surface area contributed by atoms with Crippen LogP contribution in [0, 0.1) is 0 Å². The van der Waals surface area contributed by atoms with E-state index in [1.165, 1.54) is 7.11 Å². The van der Waals surface area contributed by atoms with Crippen molar-refractivity contribution in [3.05, 3.63) is 132 Å². The molecule has 5 rings (SSSR count). The molecule has 0 aliphatic rings. The van der Waals surface area contributed by atoms with E-state index in [1.807, 2.05) is 84.9 Å².